The molecule has 0 saturated carbocycles. The number of carbonyl (C=O) groups is 1. The van der Waals surface area contributed by atoms with E-state index in [0.29, 0.717) is 5.56 Å². The number of rotatable bonds is 4. The van der Waals surface area contributed by atoms with Gasteiger partial charge in [-0.25, -0.2) is 0 Å². The Morgan fingerprint density at radius 2 is 2.00 bits per heavy atom. The van der Waals surface area contributed by atoms with E-state index in [4.69, 9.17) is 5.11 Å². The lowest BCUT2D eigenvalue weighted by Crippen LogP contribution is -2.42. The summed E-state index contributed by atoms with van der Waals surface area (Å²) < 4.78 is 0. The number of aliphatic carboxylic acids is 1. The van der Waals surface area contributed by atoms with Gasteiger partial charge in [-0.2, -0.15) is 0 Å². The largest absolute Gasteiger partial charge is 0.507 e. The van der Waals surface area contributed by atoms with E-state index in [1.54, 1.807) is 18.2 Å². The average molecular weight is 279 g/mol. The first-order valence-electron chi connectivity index (χ1n) is 6.99. The van der Waals surface area contributed by atoms with Gasteiger partial charge in [0.15, 0.2) is 0 Å². The van der Waals surface area contributed by atoms with Crippen LogP contribution in [0.25, 0.3) is 0 Å². The lowest BCUT2D eigenvalue weighted by Gasteiger charge is -2.39. The zero-order valence-electron chi connectivity index (χ0n) is 11.6. The van der Waals surface area contributed by atoms with Crippen molar-refractivity contribution in [3.05, 3.63) is 23.8 Å². The maximum Gasteiger partial charge on any atom is 0.304 e. The van der Waals surface area contributed by atoms with Crippen LogP contribution in [0, 0.1) is 0 Å². The van der Waals surface area contributed by atoms with E-state index in [0.717, 1.165) is 25.8 Å². The summed E-state index contributed by atoms with van der Waals surface area (Å²) >= 11 is 0. The molecule has 2 rings (SSSR count). The van der Waals surface area contributed by atoms with Crippen LogP contribution in [0.1, 0.15) is 44.2 Å². The molecule has 5 heteroatoms. The molecule has 110 valence electrons. The zero-order chi connectivity index (χ0) is 14.7. The first-order valence-corrected chi connectivity index (χ1v) is 6.99. The van der Waals surface area contributed by atoms with Gasteiger partial charge >= 0.3 is 5.97 Å². The topological polar surface area (TPSA) is 81.0 Å². The van der Waals surface area contributed by atoms with Crippen molar-refractivity contribution < 1.29 is 20.1 Å². The van der Waals surface area contributed by atoms with Gasteiger partial charge in [-0.15, -0.1) is 0 Å². The Kier molecular flexibility index (Phi) is 4.49. The van der Waals surface area contributed by atoms with Gasteiger partial charge in [0.05, 0.1) is 12.0 Å². The van der Waals surface area contributed by atoms with Crippen molar-refractivity contribution in [3.8, 4) is 11.5 Å². The first kappa shape index (κ1) is 14.7. The van der Waals surface area contributed by atoms with Crippen molar-refractivity contribution >= 4 is 5.97 Å². The van der Waals surface area contributed by atoms with Crippen LogP contribution in [-0.4, -0.2) is 38.8 Å². The van der Waals surface area contributed by atoms with Gasteiger partial charge in [-0.3, -0.25) is 9.69 Å². The highest BCUT2D eigenvalue weighted by Gasteiger charge is 2.31. The number of piperidine rings is 1. The Morgan fingerprint density at radius 1 is 1.35 bits per heavy atom. The number of phenols is 2. The van der Waals surface area contributed by atoms with Crippen LogP contribution in [0.2, 0.25) is 0 Å². The molecule has 1 fully saturated rings. The van der Waals surface area contributed by atoms with Crippen molar-refractivity contribution in [1.29, 1.82) is 0 Å². The van der Waals surface area contributed by atoms with E-state index in [2.05, 4.69) is 4.90 Å². The summed E-state index contributed by atoms with van der Waals surface area (Å²) in [7, 11) is 0. The van der Waals surface area contributed by atoms with E-state index in [1.165, 1.54) is 0 Å². The molecule has 5 nitrogen and oxygen atoms in total. The van der Waals surface area contributed by atoms with Gasteiger partial charge in [0.1, 0.15) is 11.5 Å². The molecule has 1 aromatic carbocycles. The molecule has 0 spiro atoms. The lowest BCUT2D eigenvalue weighted by molar-refractivity contribution is -0.139. The Bertz CT molecular complexity index is 469. The minimum Gasteiger partial charge on any atom is -0.507 e. The monoisotopic (exact) mass is 279 g/mol. The van der Waals surface area contributed by atoms with Gasteiger partial charge in [-0.05, 0) is 38.4 Å². The Morgan fingerprint density at radius 3 is 2.60 bits per heavy atom. The second-order valence-corrected chi connectivity index (χ2v) is 5.37. The molecular weight excluding hydrogens is 258 g/mol. The molecule has 2 unspecified atom stereocenters. The molecule has 1 aliphatic rings. The van der Waals surface area contributed by atoms with Crippen LogP contribution in [0.4, 0.5) is 0 Å². The molecule has 20 heavy (non-hydrogen) atoms. The number of benzene rings is 1. The van der Waals surface area contributed by atoms with Crippen molar-refractivity contribution in [2.75, 3.05) is 6.54 Å². The molecule has 1 heterocycles. The van der Waals surface area contributed by atoms with Gasteiger partial charge < -0.3 is 15.3 Å². The maximum atomic E-state index is 11.0. The standard InChI is InChI=1S/C15H21NO4/c1-10(15-12(17)6-4-7-13(15)18)16-8-3-2-5-11(16)9-14(19)20/h4,6-7,10-11,17-18H,2-3,5,8-9H2,1H3,(H,19,20). The fraction of sp³-hybridized carbons (Fsp3) is 0.533. The van der Waals surface area contributed by atoms with Gasteiger partial charge in [0, 0.05) is 12.1 Å². The minimum atomic E-state index is -0.810. The van der Waals surface area contributed by atoms with E-state index in [-0.39, 0.29) is 30.0 Å². The summed E-state index contributed by atoms with van der Waals surface area (Å²) in [5.74, 6) is -0.704. The summed E-state index contributed by atoms with van der Waals surface area (Å²) in [5.41, 5.74) is 0.477. The zero-order valence-corrected chi connectivity index (χ0v) is 11.6. The SMILES string of the molecule is CC(c1c(O)cccc1O)N1CCCCC1CC(=O)O. The predicted octanol–water partition coefficient (Wildman–Crippen LogP) is 2.49. The van der Waals surface area contributed by atoms with Crippen molar-refractivity contribution in [2.24, 2.45) is 0 Å². The molecule has 3 N–H and O–H groups in total. The van der Waals surface area contributed by atoms with E-state index >= 15 is 0 Å². The number of aromatic hydroxyl groups is 2. The molecule has 0 aliphatic carbocycles. The number of hydrogen-bond donors (Lipinski definition) is 3. The van der Waals surface area contributed by atoms with E-state index < -0.39 is 5.97 Å². The third-order valence-electron chi connectivity index (χ3n) is 4.06. The average Bonchev–Trinajstić information content (AvgIpc) is 2.38. The fourth-order valence-corrected chi connectivity index (χ4v) is 3.09. The summed E-state index contributed by atoms with van der Waals surface area (Å²) in [4.78, 5) is 13.1. The fourth-order valence-electron chi connectivity index (χ4n) is 3.09. The third-order valence-corrected chi connectivity index (χ3v) is 4.06. The first-order chi connectivity index (χ1) is 9.50. The van der Waals surface area contributed by atoms with Crippen LogP contribution in [0.15, 0.2) is 18.2 Å². The van der Waals surface area contributed by atoms with Crippen LogP contribution in [0.3, 0.4) is 0 Å². The number of hydrogen-bond acceptors (Lipinski definition) is 4. The van der Waals surface area contributed by atoms with Gasteiger partial charge in [0.2, 0.25) is 0 Å². The Labute approximate surface area is 118 Å². The Balaban J connectivity index is 2.25. The predicted molar refractivity (Wildman–Crippen MR) is 74.8 cm³/mol. The lowest BCUT2D eigenvalue weighted by atomic mass is 9.94. The highest BCUT2D eigenvalue weighted by molar-refractivity contribution is 5.67. The van der Waals surface area contributed by atoms with E-state index in [9.17, 15) is 15.0 Å². The number of carboxylic acids is 1. The molecule has 1 aromatic rings. The molecule has 0 radical (unpaired) electrons. The summed E-state index contributed by atoms with van der Waals surface area (Å²) in [5, 5.41) is 28.9. The molecule has 0 bridgehead atoms. The minimum absolute atomic E-state index is 0.0461. The van der Waals surface area contributed by atoms with Crippen molar-refractivity contribution in [2.45, 2.75) is 44.7 Å². The molecule has 0 aromatic heterocycles. The van der Waals surface area contributed by atoms with Gasteiger partial charge in [0.25, 0.3) is 0 Å². The van der Waals surface area contributed by atoms with Crippen molar-refractivity contribution in [1.82, 2.24) is 4.90 Å². The molecule has 1 aliphatic heterocycles. The highest BCUT2D eigenvalue weighted by Crippen LogP contribution is 2.38. The van der Waals surface area contributed by atoms with Crippen LogP contribution < -0.4 is 0 Å². The quantitative estimate of drug-likeness (QED) is 0.789. The second kappa shape index (κ2) is 6.13. The Hall–Kier alpha value is -1.75. The third kappa shape index (κ3) is 3.04. The number of carboxylic acid groups (broad SMARTS) is 1. The molecule has 2 atom stereocenters. The second-order valence-electron chi connectivity index (χ2n) is 5.37. The van der Waals surface area contributed by atoms with Crippen LogP contribution >= 0.6 is 0 Å². The smallest absolute Gasteiger partial charge is 0.304 e. The van der Waals surface area contributed by atoms with Gasteiger partial charge in [-0.1, -0.05) is 12.5 Å². The van der Waals surface area contributed by atoms with E-state index in [1.807, 2.05) is 6.92 Å². The normalized spacial score (nSPS) is 21.6. The molecular formula is C15H21NO4. The summed E-state index contributed by atoms with van der Waals surface area (Å²) in [6.45, 7) is 2.68. The van der Waals surface area contributed by atoms with Crippen LogP contribution in [0.5, 0.6) is 11.5 Å². The summed E-state index contributed by atoms with van der Waals surface area (Å²) in [6, 6.07) is 4.42. The highest BCUT2D eigenvalue weighted by atomic mass is 16.4. The van der Waals surface area contributed by atoms with Crippen molar-refractivity contribution in [3.63, 3.8) is 0 Å². The maximum absolute atomic E-state index is 11.0. The number of phenolic OH excluding ortho intramolecular Hbond substituents is 2. The molecule has 1 saturated heterocycles. The van der Waals surface area contributed by atoms with Crippen LogP contribution in [-0.2, 0) is 4.79 Å². The summed E-state index contributed by atoms with van der Waals surface area (Å²) in [6.07, 6.45) is 2.96. The number of nitrogens with zero attached hydrogens (tertiary/aromatic N) is 1. The molecule has 0 amide bonds. The number of likely N-dealkylation sites (tertiary alicyclic amines) is 1.